The molecule has 0 amide bonds. The minimum atomic E-state index is -0.158. The molecule has 0 bridgehead atoms. The van der Waals surface area contributed by atoms with Crippen molar-refractivity contribution < 1.29 is 9.52 Å². The van der Waals surface area contributed by atoms with Crippen molar-refractivity contribution in [1.82, 2.24) is 19.5 Å². The van der Waals surface area contributed by atoms with Gasteiger partial charge in [0.1, 0.15) is 0 Å². The maximum Gasteiger partial charge on any atom is 0.230 e. The zero-order valence-corrected chi connectivity index (χ0v) is 20.8. The molecule has 5 aromatic rings. The normalized spacial score (nSPS) is 15.7. The first-order valence-electron chi connectivity index (χ1n) is 11.2. The Morgan fingerprint density at radius 1 is 0.943 bits per heavy atom. The maximum absolute atomic E-state index is 11.2. The van der Waals surface area contributed by atoms with Crippen LogP contribution in [0.1, 0.15) is 16.5 Å². The Labute approximate surface area is 215 Å². The van der Waals surface area contributed by atoms with Gasteiger partial charge in [0.15, 0.2) is 5.76 Å². The standard InChI is InChI=1S/C25H21Cl2N5O2S/c26-17-8-6-16(7-9-17)21(31-12-10-30(11-13-31)19-4-1-3-18(27)15-19)22-24(33)32-25(35-22)28-23(29-32)20-5-2-14-34-20/h1-9,14-15,21,33H,10-13H2/t21-/m1/s1. The molecule has 10 heteroatoms. The minimum absolute atomic E-state index is 0.0903. The first-order valence-corrected chi connectivity index (χ1v) is 12.8. The highest BCUT2D eigenvalue weighted by Crippen LogP contribution is 2.41. The molecule has 0 aliphatic carbocycles. The molecule has 4 heterocycles. The monoisotopic (exact) mass is 525 g/mol. The Hall–Kier alpha value is -3.04. The number of nitrogens with zero attached hydrogens (tertiary/aromatic N) is 5. The van der Waals surface area contributed by atoms with Gasteiger partial charge >= 0.3 is 0 Å². The lowest BCUT2D eigenvalue weighted by atomic mass is 10.0. The molecular formula is C25H21Cl2N5O2S. The van der Waals surface area contributed by atoms with E-state index in [4.69, 9.17) is 27.6 Å². The van der Waals surface area contributed by atoms with Gasteiger partial charge in [-0.15, -0.1) is 5.10 Å². The van der Waals surface area contributed by atoms with Crippen LogP contribution in [0.2, 0.25) is 10.0 Å². The molecule has 7 nitrogen and oxygen atoms in total. The van der Waals surface area contributed by atoms with E-state index in [-0.39, 0.29) is 11.9 Å². The summed E-state index contributed by atoms with van der Waals surface area (Å²) in [5.41, 5.74) is 2.17. The van der Waals surface area contributed by atoms with Gasteiger partial charge in [-0.2, -0.15) is 9.50 Å². The molecule has 1 fully saturated rings. The Balaban J connectivity index is 1.33. The Bertz CT molecular complexity index is 1460. The van der Waals surface area contributed by atoms with Gasteiger partial charge in [-0.3, -0.25) is 4.90 Å². The van der Waals surface area contributed by atoms with Crippen LogP contribution in [0.5, 0.6) is 5.88 Å². The van der Waals surface area contributed by atoms with E-state index in [1.807, 2.05) is 42.5 Å². The van der Waals surface area contributed by atoms with Gasteiger partial charge in [-0.05, 0) is 48.0 Å². The summed E-state index contributed by atoms with van der Waals surface area (Å²) in [6.45, 7) is 3.30. The number of anilines is 1. The average molecular weight is 526 g/mol. The minimum Gasteiger partial charge on any atom is -0.492 e. The van der Waals surface area contributed by atoms with E-state index in [1.54, 1.807) is 18.4 Å². The van der Waals surface area contributed by atoms with Gasteiger partial charge in [0.05, 0.1) is 17.2 Å². The molecule has 0 unspecified atom stereocenters. The molecule has 1 aliphatic heterocycles. The number of benzene rings is 2. The zero-order valence-electron chi connectivity index (χ0n) is 18.5. The molecule has 35 heavy (non-hydrogen) atoms. The number of piperazine rings is 1. The summed E-state index contributed by atoms with van der Waals surface area (Å²) in [7, 11) is 0. The van der Waals surface area contributed by atoms with Crippen molar-refractivity contribution in [2.75, 3.05) is 31.1 Å². The summed E-state index contributed by atoms with van der Waals surface area (Å²) >= 11 is 13.8. The second-order valence-electron chi connectivity index (χ2n) is 8.35. The van der Waals surface area contributed by atoms with Crippen LogP contribution >= 0.6 is 34.5 Å². The molecule has 6 rings (SSSR count). The van der Waals surface area contributed by atoms with Crippen LogP contribution < -0.4 is 4.90 Å². The number of hydrogen-bond acceptors (Lipinski definition) is 7. The molecule has 1 atom stereocenters. The van der Waals surface area contributed by atoms with Crippen LogP contribution in [0.15, 0.2) is 71.3 Å². The van der Waals surface area contributed by atoms with E-state index >= 15 is 0 Å². The maximum atomic E-state index is 11.2. The fraction of sp³-hybridized carbons (Fsp3) is 0.200. The third kappa shape index (κ3) is 4.27. The van der Waals surface area contributed by atoms with Gasteiger partial charge < -0.3 is 14.4 Å². The van der Waals surface area contributed by atoms with Crippen LogP contribution in [0.4, 0.5) is 5.69 Å². The number of fused-ring (bicyclic) bond motifs is 1. The van der Waals surface area contributed by atoms with Gasteiger partial charge in [-0.25, -0.2) is 0 Å². The Kier molecular flexibility index (Phi) is 5.89. The molecule has 178 valence electrons. The lowest BCUT2D eigenvalue weighted by Gasteiger charge is -2.40. The van der Waals surface area contributed by atoms with Crippen molar-refractivity contribution in [2.45, 2.75) is 6.04 Å². The molecule has 3 aromatic heterocycles. The topological polar surface area (TPSA) is 70.0 Å². The number of aromatic nitrogens is 3. The smallest absolute Gasteiger partial charge is 0.230 e. The zero-order chi connectivity index (χ0) is 23.9. The first-order chi connectivity index (χ1) is 17.1. The highest BCUT2D eigenvalue weighted by atomic mass is 35.5. The van der Waals surface area contributed by atoms with E-state index in [2.05, 4.69) is 25.9 Å². The van der Waals surface area contributed by atoms with Crippen molar-refractivity contribution in [3.63, 3.8) is 0 Å². The number of hydrogen-bond donors (Lipinski definition) is 1. The third-order valence-electron chi connectivity index (χ3n) is 6.23. The van der Waals surface area contributed by atoms with Gasteiger partial charge in [0, 0.05) is 41.9 Å². The lowest BCUT2D eigenvalue weighted by molar-refractivity contribution is 0.211. The second kappa shape index (κ2) is 9.20. The summed E-state index contributed by atoms with van der Waals surface area (Å²) in [6, 6.07) is 19.2. The van der Waals surface area contributed by atoms with Crippen LogP contribution in [-0.4, -0.2) is 50.8 Å². The Morgan fingerprint density at radius 2 is 1.74 bits per heavy atom. The second-order valence-corrected chi connectivity index (χ2v) is 10.2. The molecule has 0 radical (unpaired) electrons. The van der Waals surface area contributed by atoms with Crippen LogP contribution in [-0.2, 0) is 0 Å². The molecule has 0 spiro atoms. The third-order valence-corrected chi connectivity index (χ3v) is 7.79. The summed E-state index contributed by atoms with van der Waals surface area (Å²) in [4.78, 5) is 10.7. The molecule has 1 saturated heterocycles. The van der Waals surface area contributed by atoms with Gasteiger partial charge in [0.2, 0.25) is 16.7 Å². The summed E-state index contributed by atoms with van der Waals surface area (Å²) < 4.78 is 6.91. The first kappa shape index (κ1) is 22.4. The number of rotatable bonds is 5. The van der Waals surface area contributed by atoms with Crippen molar-refractivity contribution in [3.8, 4) is 17.5 Å². The summed E-state index contributed by atoms with van der Waals surface area (Å²) in [6.07, 6.45) is 1.58. The predicted octanol–water partition coefficient (Wildman–Crippen LogP) is 5.97. The van der Waals surface area contributed by atoms with Crippen molar-refractivity contribution in [3.05, 3.63) is 87.4 Å². The van der Waals surface area contributed by atoms with Gasteiger partial charge in [-0.1, -0.05) is 52.7 Å². The van der Waals surface area contributed by atoms with Crippen LogP contribution in [0, 0.1) is 0 Å². The van der Waals surface area contributed by atoms with E-state index in [0.717, 1.165) is 47.3 Å². The van der Waals surface area contributed by atoms with E-state index < -0.39 is 0 Å². The lowest BCUT2D eigenvalue weighted by Crippen LogP contribution is -2.47. The SMILES string of the molecule is Oc1c([C@@H](c2ccc(Cl)cc2)N2CCN(c3cccc(Cl)c3)CC2)sc2nc(-c3ccco3)nn12. The van der Waals surface area contributed by atoms with Gasteiger partial charge in [0.25, 0.3) is 0 Å². The molecule has 1 aliphatic rings. The number of furan rings is 1. The van der Waals surface area contributed by atoms with E-state index in [0.29, 0.717) is 21.6 Å². The Morgan fingerprint density at radius 3 is 2.43 bits per heavy atom. The number of thiazole rings is 1. The fourth-order valence-corrected chi connectivity index (χ4v) is 5.95. The summed E-state index contributed by atoms with van der Waals surface area (Å²) in [5, 5.41) is 17.1. The fourth-order valence-electron chi connectivity index (χ4n) is 4.52. The van der Waals surface area contributed by atoms with Crippen molar-refractivity contribution in [2.24, 2.45) is 0 Å². The molecular weight excluding hydrogens is 505 g/mol. The van der Waals surface area contributed by atoms with Crippen molar-refractivity contribution >= 4 is 45.2 Å². The van der Waals surface area contributed by atoms with E-state index in [9.17, 15) is 5.11 Å². The quantitative estimate of drug-likeness (QED) is 0.304. The number of halogens is 2. The van der Waals surface area contributed by atoms with E-state index in [1.165, 1.54) is 15.9 Å². The van der Waals surface area contributed by atoms with Crippen LogP contribution in [0.25, 0.3) is 16.5 Å². The average Bonchev–Trinajstić information content (AvgIpc) is 3.60. The molecule has 0 saturated carbocycles. The highest BCUT2D eigenvalue weighted by molar-refractivity contribution is 7.17. The van der Waals surface area contributed by atoms with Crippen LogP contribution in [0.3, 0.4) is 0 Å². The summed E-state index contributed by atoms with van der Waals surface area (Å²) in [5.74, 6) is 1.10. The van der Waals surface area contributed by atoms with Crippen molar-refractivity contribution in [1.29, 1.82) is 0 Å². The predicted molar refractivity (Wildman–Crippen MR) is 139 cm³/mol. The highest BCUT2D eigenvalue weighted by Gasteiger charge is 2.32. The molecule has 1 N–H and O–H groups in total. The largest absolute Gasteiger partial charge is 0.492 e. The number of aromatic hydroxyl groups is 1. The molecule has 2 aromatic carbocycles.